The van der Waals surface area contributed by atoms with E-state index in [4.69, 9.17) is 15.3 Å². The molecule has 1 rings (SSSR count). The molecule has 0 aliphatic rings. The Bertz CT molecular complexity index is 704. The molecule has 0 saturated heterocycles. The number of carboxylic acid groups (broad SMARTS) is 3. The second-order valence-electron chi connectivity index (χ2n) is 5.33. The number of carbonyl (C=O) groups is 4. The molecule has 0 radical (unpaired) electrons. The summed E-state index contributed by atoms with van der Waals surface area (Å²) in [5, 5.41) is 30.9. The molecule has 0 bridgehead atoms. The lowest BCUT2D eigenvalue weighted by atomic mass is 10.1. The number of carbonyl (C=O) groups excluding carboxylic acids is 1. The molecule has 0 spiro atoms. The summed E-state index contributed by atoms with van der Waals surface area (Å²) in [6.07, 6.45) is 0.449. The van der Waals surface area contributed by atoms with Crippen LogP contribution in [-0.2, 0) is 20.1 Å². The summed E-state index contributed by atoms with van der Waals surface area (Å²) in [5.74, 6) is -4.44. The maximum Gasteiger partial charge on any atom is 0.327 e. The standard InChI is InChI=1S/C15H18FN3O7S/c16-11-5-8(3-4-17-11)6-27-7-10(14(24)25)19-15(26)18-9(13(22)23)1-2-12(20)21/h3-5,9-10H,1-2,6-7H2,(H,20,21)(H,22,23)(H,24,25)(H2,18,19,26). The number of rotatable bonds is 11. The van der Waals surface area contributed by atoms with Gasteiger partial charge in [0, 0.05) is 24.1 Å². The van der Waals surface area contributed by atoms with Crippen LogP contribution in [0.1, 0.15) is 18.4 Å². The third kappa shape index (κ3) is 8.85. The number of nitrogens with one attached hydrogen (secondary N) is 2. The number of halogens is 1. The number of thioether (sulfide) groups is 1. The van der Waals surface area contributed by atoms with Gasteiger partial charge >= 0.3 is 23.9 Å². The molecule has 1 aromatic heterocycles. The fraction of sp³-hybridized carbons (Fsp3) is 0.400. The second kappa shape index (κ2) is 11.0. The molecule has 0 aliphatic heterocycles. The topological polar surface area (TPSA) is 166 Å². The SMILES string of the molecule is O=C(O)CCC(NC(=O)NC(CSCc1ccnc(F)c1)C(=O)O)C(=O)O. The smallest absolute Gasteiger partial charge is 0.327 e. The van der Waals surface area contributed by atoms with Crippen molar-refractivity contribution in [3.05, 3.63) is 29.8 Å². The summed E-state index contributed by atoms with van der Waals surface area (Å²) < 4.78 is 13.0. The molecule has 0 fully saturated rings. The average molecular weight is 403 g/mol. The van der Waals surface area contributed by atoms with Crippen molar-refractivity contribution in [2.75, 3.05) is 5.75 Å². The Kier molecular flexibility index (Phi) is 8.99. The van der Waals surface area contributed by atoms with Gasteiger partial charge in [-0.3, -0.25) is 4.79 Å². The highest BCUT2D eigenvalue weighted by molar-refractivity contribution is 7.98. The van der Waals surface area contributed by atoms with E-state index in [1.807, 2.05) is 5.32 Å². The minimum Gasteiger partial charge on any atom is -0.481 e. The van der Waals surface area contributed by atoms with Gasteiger partial charge in [-0.1, -0.05) is 0 Å². The second-order valence-corrected chi connectivity index (χ2v) is 6.36. The molecule has 0 saturated carbocycles. The van der Waals surface area contributed by atoms with Gasteiger partial charge in [0.2, 0.25) is 5.95 Å². The Hall–Kier alpha value is -2.89. The predicted molar refractivity (Wildman–Crippen MR) is 91.7 cm³/mol. The van der Waals surface area contributed by atoms with Crippen molar-refractivity contribution < 1.29 is 38.9 Å². The van der Waals surface area contributed by atoms with Crippen LogP contribution in [0.3, 0.4) is 0 Å². The number of aliphatic carboxylic acids is 3. The van der Waals surface area contributed by atoms with Gasteiger partial charge in [0.1, 0.15) is 12.1 Å². The average Bonchev–Trinajstić information content (AvgIpc) is 2.57. The maximum atomic E-state index is 13.0. The van der Waals surface area contributed by atoms with E-state index in [1.165, 1.54) is 12.3 Å². The highest BCUT2D eigenvalue weighted by Crippen LogP contribution is 2.13. The number of nitrogens with zero attached hydrogens (tertiary/aromatic N) is 1. The van der Waals surface area contributed by atoms with E-state index in [2.05, 4.69) is 10.3 Å². The Morgan fingerprint density at radius 1 is 1.11 bits per heavy atom. The molecule has 2 unspecified atom stereocenters. The fourth-order valence-corrected chi connectivity index (χ4v) is 2.88. The van der Waals surface area contributed by atoms with Crippen molar-refractivity contribution in [2.45, 2.75) is 30.7 Å². The van der Waals surface area contributed by atoms with E-state index in [0.717, 1.165) is 11.8 Å². The lowest BCUT2D eigenvalue weighted by Crippen LogP contribution is -2.52. The summed E-state index contributed by atoms with van der Waals surface area (Å²) in [6.45, 7) is 0. The van der Waals surface area contributed by atoms with Crippen LogP contribution in [0.4, 0.5) is 9.18 Å². The van der Waals surface area contributed by atoms with E-state index in [-0.39, 0.29) is 17.9 Å². The van der Waals surface area contributed by atoms with Crippen LogP contribution in [-0.4, -0.2) is 62.1 Å². The van der Waals surface area contributed by atoms with Crippen LogP contribution < -0.4 is 10.6 Å². The molecule has 0 aliphatic carbocycles. The van der Waals surface area contributed by atoms with Crippen LogP contribution in [0.25, 0.3) is 0 Å². The highest BCUT2D eigenvalue weighted by Gasteiger charge is 2.24. The first-order chi connectivity index (χ1) is 12.7. The molecule has 27 heavy (non-hydrogen) atoms. The summed E-state index contributed by atoms with van der Waals surface area (Å²) in [5.41, 5.74) is 0.584. The summed E-state index contributed by atoms with van der Waals surface area (Å²) in [7, 11) is 0. The molecular formula is C15H18FN3O7S. The third-order valence-corrected chi connectivity index (χ3v) is 4.30. The lowest BCUT2D eigenvalue weighted by molar-refractivity contribution is -0.140. The van der Waals surface area contributed by atoms with Crippen molar-refractivity contribution in [1.29, 1.82) is 0 Å². The van der Waals surface area contributed by atoms with Gasteiger partial charge in [-0.15, -0.1) is 0 Å². The van der Waals surface area contributed by atoms with Gasteiger partial charge in [-0.25, -0.2) is 19.4 Å². The van der Waals surface area contributed by atoms with Gasteiger partial charge < -0.3 is 26.0 Å². The number of urea groups is 1. The van der Waals surface area contributed by atoms with Crippen molar-refractivity contribution in [3.63, 3.8) is 0 Å². The number of amides is 2. The largest absolute Gasteiger partial charge is 0.481 e. The van der Waals surface area contributed by atoms with E-state index >= 15 is 0 Å². The van der Waals surface area contributed by atoms with E-state index in [1.54, 1.807) is 6.07 Å². The van der Waals surface area contributed by atoms with Gasteiger partial charge in [-0.2, -0.15) is 16.2 Å². The molecule has 1 heterocycles. The minimum atomic E-state index is -1.47. The van der Waals surface area contributed by atoms with Crippen molar-refractivity contribution in [2.24, 2.45) is 0 Å². The maximum absolute atomic E-state index is 13.0. The first-order valence-electron chi connectivity index (χ1n) is 7.61. The molecule has 2 atom stereocenters. The zero-order chi connectivity index (χ0) is 20.4. The van der Waals surface area contributed by atoms with E-state index in [0.29, 0.717) is 5.56 Å². The molecule has 2 amide bonds. The van der Waals surface area contributed by atoms with Gasteiger partial charge in [-0.05, 0) is 24.1 Å². The predicted octanol–water partition coefficient (Wildman–Crippen LogP) is 0.524. The minimum absolute atomic E-state index is 0.0560. The Balaban J connectivity index is 2.54. The van der Waals surface area contributed by atoms with Crippen LogP contribution >= 0.6 is 11.8 Å². The summed E-state index contributed by atoms with van der Waals surface area (Å²) in [4.78, 5) is 48.0. The molecule has 148 valence electrons. The van der Waals surface area contributed by atoms with Crippen LogP contribution in [0.2, 0.25) is 0 Å². The highest BCUT2D eigenvalue weighted by atomic mass is 32.2. The first-order valence-corrected chi connectivity index (χ1v) is 8.77. The van der Waals surface area contributed by atoms with Crippen molar-refractivity contribution in [1.82, 2.24) is 15.6 Å². The number of aromatic nitrogens is 1. The van der Waals surface area contributed by atoms with Crippen LogP contribution in [0, 0.1) is 5.95 Å². The Labute approximate surface area is 157 Å². The van der Waals surface area contributed by atoms with Crippen LogP contribution in [0.15, 0.2) is 18.3 Å². The fourth-order valence-electron chi connectivity index (χ4n) is 1.89. The summed E-state index contributed by atoms with van der Waals surface area (Å²) >= 11 is 1.12. The molecule has 0 aromatic carbocycles. The van der Waals surface area contributed by atoms with E-state index < -0.39 is 48.4 Å². The molecule has 5 N–H and O–H groups in total. The summed E-state index contributed by atoms with van der Waals surface area (Å²) in [6, 6.07) is -1.08. The molecular weight excluding hydrogens is 385 g/mol. The third-order valence-electron chi connectivity index (χ3n) is 3.20. The van der Waals surface area contributed by atoms with Gasteiger partial charge in [0.25, 0.3) is 0 Å². The normalized spacial score (nSPS) is 12.6. The number of pyridine rings is 1. The first kappa shape index (κ1) is 22.2. The van der Waals surface area contributed by atoms with Crippen molar-refractivity contribution >= 4 is 35.7 Å². The molecule has 12 heteroatoms. The molecule has 10 nitrogen and oxygen atoms in total. The number of hydrogen-bond acceptors (Lipinski definition) is 6. The van der Waals surface area contributed by atoms with Gasteiger partial charge in [0.15, 0.2) is 0 Å². The zero-order valence-corrected chi connectivity index (χ0v) is 14.7. The quantitative estimate of drug-likeness (QED) is 0.331. The van der Waals surface area contributed by atoms with Crippen LogP contribution in [0.5, 0.6) is 0 Å². The number of hydrogen-bond donors (Lipinski definition) is 5. The van der Waals surface area contributed by atoms with Gasteiger partial charge in [0.05, 0.1) is 0 Å². The molecule has 1 aromatic rings. The number of carboxylic acids is 3. The zero-order valence-electron chi connectivity index (χ0n) is 13.9. The Morgan fingerprint density at radius 3 is 2.30 bits per heavy atom. The Morgan fingerprint density at radius 2 is 1.74 bits per heavy atom. The lowest BCUT2D eigenvalue weighted by Gasteiger charge is -2.18. The van der Waals surface area contributed by atoms with E-state index in [9.17, 15) is 23.6 Å². The van der Waals surface area contributed by atoms with Crippen molar-refractivity contribution in [3.8, 4) is 0 Å². The monoisotopic (exact) mass is 403 g/mol.